The van der Waals surface area contributed by atoms with Crippen LogP contribution in [0.3, 0.4) is 0 Å². The van der Waals surface area contributed by atoms with Crippen LogP contribution in [0.15, 0.2) is 21.2 Å². The lowest BCUT2D eigenvalue weighted by molar-refractivity contribution is 0.264. The van der Waals surface area contributed by atoms with E-state index in [9.17, 15) is 0 Å². The highest BCUT2D eigenvalue weighted by Gasteiger charge is 2.21. The molecule has 16 heavy (non-hydrogen) atoms. The van der Waals surface area contributed by atoms with Gasteiger partial charge in [0.25, 0.3) is 0 Å². The predicted octanol–water partition coefficient (Wildman–Crippen LogP) is 2.81. The molecular formula is C11H16Br2N2O. The minimum atomic E-state index is 0.0251. The van der Waals surface area contributed by atoms with Crippen LogP contribution >= 0.6 is 31.9 Å². The van der Waals surface area contributed by atoms with Gasteiger partial charge in [-0.15, -0.1) is 0 Å². The predicted molar refractivity (Wildman–Crippen MR) is 72.3 cm³/mol. The molecule has 2 unspecified atom stereocenters. The SMILES string of the molecule is CCC(N)C(CCO)c1ncc(Br)cc1Br. The van der Waals surface area contributed by atoms with E-state index >= 15 is 0 Å². The van der Waals surface area contributed by atoms with E-state index in [1.807, 2.05) is 13.0 Å². The third-order valence-electron chi connectivity index (χ3n) is 2.62. The second kappa shape index (κ2) is 6.69. The molecule has 0 saturated heterocycles. The van der Waals surface area contributed by atoms with Gasteiger partial charge in [-0.05, 0) is 50.8 Å². The zero-order valence-corrected chi connectivity index (χ0v) is 12.3. The molecule has 0 aliphatic carbocycles. The molecule has 0 saturated carbocycles. The summed E-state index contributed by atoms with van der Waals surface area (Å²) in [5, 5.41) is 9.08. The van der Waals surface area contributed by atoms with Crippen LogP contribution in [-0.2, 0) is 0 Å². The molecule has 3 N–H and O–H groups in total. The molecule has 0 aliphatic rings. The van der Waals surface area contributed by atoms with Crippen LogP contribution in [0.25, 0.3) is 0 Å². The minimum Gasteiger partial charge on any atom is -0.396 e. The third-order valence-corrected chi connectivity index (χ3v) is 3.68. The monoisotopic (exact) mass is 350 g/mol. The number of halogens is 2. The summed E-state index contributed by atoms with van der Waals surface area (Å²) >= 11 is 6.85. The molecule has 1 aromatic rings. The molecule has 1 aromatic heterocycles. The summed E-state index contributed by atoms with van der Waals surface area (Å²) in [6.45, 7) is 2.17. The molecule has 5 heteroatoms. The van der Waals surface area contributed by atoms with E-state index in [4.69, 9.17) is 10.8 Å². The van der Waals surface area contributed by atoms with E-state index in [-0.39, 0.29) is 18.6 Å². The lowest BCUT2D eigenvalue weighted by atomic mass is 9.91. The zero-order valence-electron chi connectivity index (χ0n) is 9.16. The average Bonchev–Trinajstić information content (AvgIpc) is 2.26. The Hall–Kier alpha value is 0.0300. The molecule has 0 spiro atoms. The smallest absolute Gasteiger partial charge is 0.0593 e. The van der Waals surface area contributed by atoms with Crippen molar-refractivity contribution in [3.63, 3.8) is 0 Å². The molecule has 1 rings (SSSR count). The summed E-state index contributed by atoms with van der Waals surface area (Å²) in [6.07, 6.45) is 3.27. The fourth-order valence-electron chi connectivity index (χ4n) is 1.68. The van der Waals surface area contributed by atoms with Crippen molar-refractivity contribution >= 4 is 31.9 Å². The Morgan fingerprint density at radius 2 is 2.19 bits per heavy atom. The van der Waals surface area contributed by atoms with E-state index in [2.05, 4.69) is 36.8 Å². The minimum absolute atomic E-state index is 0.0251. The lowest BCUT2D eigenvalue weighted by Crippen LogP contribution is -2.29. The number of nitrogens with zero attached hydrogens (tertiary/aromatic N) is 1. The fraction of sp³-hybridized carbons (Fsp3) is 0.545. The number of aromatic nitrogens is 1. The van der Waals surface area contributed by atoms with E-state index in [1.54, 1.807) is 6.20 Å². The molecule has 0 amide bonds. The van der Waals surface area contributed by atoms with Crippen molar-refractivity contribution in [2.24, 2.45) is 5.73 Å². The van der Waals surface area contributed by atoms with Crippen molar-refractivity contribution in [3.05, 3.63) is 26.9 Å². The quantitative estimate of drug-likeness (QED) is 0.857. The van der Waals surface area contributed by atoms with Gasteiger partial charge in [0.2, 0.25) is 0 Å². The standard InChI is InChI=1S/C11H16Br2N2O/c1-2-10(14)8(3-4-16)11-9(13)5-7(12)6-15-11/h5-6,8,10,16H,2-4,14H2,1H3. The summed E-state index contributed by atoms with van der Waals surface area (Å²) in [5.74, 6) is 0.0949. The maximum atomic E-state index is 9.08. The first-order chi connectivity index (χ1) is 7.60. The second-order valence-corrected chi connectivity index (χ2v) is 5.48. The molecule has 1 heterocycles. The third kappa shape index (κ3) is 3.52. The molecule has 90 valence electrons. The van der Waals surface area contributed by atoms with Gasteiger partial charge in [-0.25, -0.2) is 0 Å². The summed E-state index contributed by atoms with van der Waals surface area (Å²) in [5.41, 5.74) is 6.98. The van der Waals surface area contributed by atoms with Crippen molar-refractivity contribution in [2.75, 3.05) is 6.61 Å². The van der Waals surface area contributed by atoms with Crippen molar-refractivity contribution in [2.45, 2.75) is 31.7 Å². The lowest BCUT2D eigenvalue weighted by Gasteiger charge is -2.22. The Balaban J connectivity index is 3.00. The van der Waals surface area contributed by atoms with Crippen LogP contribution in [0.1, 0.15) is 31.4 Å². The van der Waals surface area contributed by atoms with Crippen molar-refractivity contribution < 1.29 is 5.11 Å². The number of pyridine rings is 1. The van der Waals surface area contributed by atoms with Gasteiger partial charge in [0, 0.05) is 33.7 Å². The molecule has 0 aliphatic heterocycles. The molecular weight excluding hydrogens is 336 g/mol. The van der Waals surface area contributed by atoms with Crippen LogP contribution in [-0.4, -0.2) is 22.7 Å². The zero-order chi connectivity index (χ0) is 12.1. The van der Waals surface area contributed by atoms with Crippen LogP contribution in [0, 0.1) is 0 Å². The van der Waals surface area contributed by atoms with Gasteiger partial charge >= 0.3 is 0 Å². The van der Waals surface area contributed by atoms with Gasteiger partial charge in [0.15, 0.2) is 0 Å². The Labute approximate surface area is 113 Å². The first-order valence-electron chi connectivity index (χ1n) is 5.27. The van der Waals surface area contributed by atoms with Crippen molar-refractivity contribution in [3.8, 4) is 0 Å². The number of hydrogen-bond donors (Lipinski definition) is 2. The Kier molecular flexibility index (Phi) is 5.89. The van der Waals surface area contributed by atoms with Gasteiger partial charge < -0.3 is 10.8 Å². The molecule has 3 nitrogen and oxygen atoms in total. The molecule has 0 fully saturated rings. The maximum Gasteiger partial charge on any atom is 0.0593 e. The average molecular weight is 352 g/mol. The molecule has 0 aromatic carbocycles. The van der Waals surface area contributed by atoms with Gasteiger partial charge in [0.1, 0.15) is 0 Å². The van der Waals surface area contributed by atoms with Crippen LogP contribution in [0.4, 0.5) is 0 Å². The summed E-state index contributed by atoms with van der Waals surface area (Å²) < 4.78 is 1.86. The molecule has 0 bridgehead atoms. The number of hydrogen-bond acceptors (Lipinski definition) is 3. The topological polar surface area (TPSA) is 59.1 Å². The van der Waals surface area contributed by atoms with Crippen LogP contribution < -0.4 is 5.73 Å². The van der Waals surface area contributed by atoms with Crippen molar-refractivity contribution in [1.29, 1.82) is 0 Å². The van der Waals surface area contributed by atoms with Crippen LogP contribution in [0.5, 0.6) is 0 Å². The van der Waals surface area contributed by atoms with E-state index in [0.717, 1.165) is 21.1 Å². The second-order valence-electron chi connectivity index (χ2n) is 3.71. The summed E-state index contributed by atoms with van der Waals surface area (Å²) in [4.78, 5) is 4.38. The summed E-state index contributed by atoms with van der Waals surface area (Å²) in [6, 6.07) is 1.98. The normalized spacial score (nSPS) is 14.8. The number of nitrogens with two attached hydrogens (primary N) is 1. The molecule has 0 radical (unpaired) electrons. The maximum absolute atomic E-state index is 9.08. The van der Waals surface area contributed by atoms with E-state index < -0.39 is 0 Å². The van der Waals surface area contributed by atoms with Crippen LogP contribution in [0.2, 0.25) is 0 Å². The Morgan fingerprint density at radius 1 is 1.50 bits per heavy atom. The summed E-state index contributed by atoms with van der Waals surface area (Å²) in [7, 11) is 0. The largest absolute Gasteiger partial charge is 0.396 e. The number of rotatable bonds is 5. The first kappa shape index (κ1) is 14.1. The van der Waals surface area contributed by atoms with Gasteiger partial charge in [-0.2, -0.15) is 0 Å². The van der Waals surface area contributed by atoms with E-state index in [1.165, 1.54) is 0 Å². The fourth-order valence-corrected chi connectivity index (χ4v) is 2.96. The Morgan fingerprint density at radius 3 is 2.69 bits per heavy atom. The highest BCUT2D eigenvalue weighted by molar-refractivity contribution is 9.11. The highest BCUT2D eigenvalue weighted by atomic mass is 79.9. The Bertz CT molecular complexity index is 347. The van der Waals surface area contributed by atoms with Gasteiger partial charge in [-0.1, -0.05) is 6.92 Å². The van der Waals surface area contributed by atoms with E-state index in [0.29, 0.717) is 6.42 Å². The highest BCUT2D eigenvalue weighted by Crippen LogP contribution is 2.30. The van der Waals surface area contributed by atoms with Gasteiger partial charge in [0.05, 0.1) is 5.69 Å². The van der Waals surface area contributed by atoms with Gasteiger partial charge in [-0.3, -0.25) is 4.98 Å². The van der Waals surface area contributed by atoms with Crippen molar-refractivity contribution in [1.82, 2.24) is 4.98 Å². The number of aliphatic hydroxyl groups excluding tert-OH is 1. The number of aliphatic hydroxyl groups is 1. The molecule has 2 atom stereocenters. The first-order valence-corrected chi connectivity index (χ1v) is 6.86.